The molecule has 0 radical (unpaired) electrons. The molecule has 0 amide bonds. The molecular formula is C26H38O3. The fourth-order valence-electron chi connectivity index (χ4n) is 8.73. The fraction of sp³-hybridized carbons (Fsp3) is 0.769. The number of hydrogen-bond donors (Lipinski definition) is 1. The van der Waals surface area contributed by atoms with Gasteiger partial charge in [0.2, 0.25) is 0 Å². The van der Waals surface area contributed by atoms with Crippen molar-refractivity contribution in [2.75, 3.05) is 0 Å². The highest BCUT2D eigenvalue weighted by Crippen LogP contribution is 2.70. The van der Waals surface area contributed by atoms with Crippen molar-refractivity contribution >= 4 is 11.8 Å². The molecule has 0 aromatic rings. The van der Waals surface area contributed by atoms with Crippen molar-refractivity contribution in [2.45, 2.75) is 79.1 Å². The first kappa shape index (κ1) is 20.9. The normalized spacial score (nSPS) is 45.9. The summed E-state index contributed by atoms with van der Waals surface area (Å²) in [4.78, 5) is 23.4. The summed E-state index contributed by atoms with van der Waals surface area (Å²) in [5, 5.41) is 9.37. The summed E-state index contributed by atoms with van der Waals surface area (Å²) in [6.45, 7) is 9.55. The van der Waals surface area contributed by atoms with Crippen molar-refractivity contribution in [1.29, 1.82) is 0 Å². The monoisotopic (exact) mass is 398 g/mol. The quantitative estimate of drug-likeness (QED) is 0.613. The number of allylic oxidation sites excluding steroid dienone is 4. The number of ketones is 1. The zero-order chi connectivity index (χ0) is 21.0. The molecule has 3 fully saturated rings. The molecule has 0 aromatic carbocycles. The maximum absolute atomic E-state index is 12.0. The third-order valence-corrected chi connectivity index (χ3v) is 9.84. The summed E-state index contributed by atoms with van der Waals surface area (Å²) in [5.74, 6) is 3.42. The Labute approximate surface area is 176 Å². The molecule has 0 aliphatic heterocycles. The van der Waals surface area contributed by atoms with Gasteiger partial charge >= 0.3 is 5.97 Å². The van der Waals surface area contributed by atoms with Crippen molar-refractivity contribution in [2.24, 2.45) is 46.3 Å². The topological polar surface area (TPSA) is 54.4 Å². The molecule has 0 saturated heterocycles. The first-order valence-electron chi connectivity index (χ1n) is 11.9. The van der Waals surface area contributed by atoms with Crippen LogP contribution in [0.5, 0.6) is 0 Å². The van der Waals surface area contributed by atoms with Crippen LogP contribution in [0.1, 0.15) is 79.1 Å². The SMILES string of the molecule is CCC1C(CC)[C@H]2[C@@H]3CCC4=CC(=O)C=C[C@]4(C)[C@H]3CC[C@]2(C)[C@H]1CCC(=O)O. The van der Waals surface area contributed by atoms with E-state index in [0.717, 1.165) is 12.8 Å². The van der Waals surface area contributed by atoms with Crippen molar-refractivity contribution in [1.82, 2.24) is 0 Å². The largest absolute Gasteiger partial charge is 0.481 e. The zero-order valence-electron chi connectivity index (χ0n) is 18.6. The van der Waals surface area contributed by atoms with Crippen molar-refractivity contribution in [3.05, 3.63) is 23.8 Å². The molecule has 160 valence electrons. The Balaban J connectivity index is 1.70. The van der Waals surface area contributed by atoms with E-state index in [1.54, 1.807) is 6.08 Å². The van der Waals surface area contributed by atoms with E-state index in [1.165, 1.54) is 37.7 Å². The molecule has 0 heterocycles. The Kier molecular flexibility index (Phi) is 5.32. The molecule has 3 heteroatoms. The van der Waals surface area contributed by atoms with Crippen molar-refractivity contribution < 1.29 is 14.7 Å². The molecule has 4 rings (SSSR count). The molecule has 8 atom stereocenters. The highest BCUT2D eigenvalue weighted by atomic mass is 16.4. The molecule has 0 aromatic heterocycles. The van der Waals surface area contributed by atoms with E-state index in [4.69, 9.17) is 0 Å². The van der Waals surface area contributed by atoms with Crippen LogP contribution in [0, 0.1) is 46.3 Å². The van der Waals surface area contributed by atoms with Crippen LogP contribution in [0.15, 0.2) is 23.8 Å². The second-order valence-electron chi connectivity index (χ2n) is 10.8. The molecular weight excluding hydrogens is 360 g/mol. The molecule has 2 unspecified atom stereocenters. The zero-order valence-corrected chi connectivity index (χ0v) is 18.6. The van der Waals surface area contributed by atoms with Gasteiger partial charge in [0, 0.05) is 11.8 Å². The lowest BCUT2D eigenvalue weighted by Crippen LogP contribution is -2.50. The van der Waals surface area contributed by atoms with Gasteiger partial charge in [-0.3, -0.25) is 9.59 Å². The van der Waals surface area contributed by atoms with Crippen LogP contribution < -0.4 is 0 Å². The summed E-state index contributed by atoms with van der Waals surface area (Å²) in [6, 6.07) is 0. The van der Waals surface area contributed by atoms with Crippen molar-refractivity contribution in [3.8, 4) is 0 Å². The average Bonchev–Trinajstić information content (AvgIpc) is 2.94. The molecule has 4 aliphatic rings. The maximum Gasteiger partial charge on any atom is 0.303 e. The number of hydrogen-bond acceptors (Lipinski definition) is 2. The van der Waals surface area contributed by atoms with Gasteiger partial charge < -0.3 is 5.11 Å². The standard InChI is InChI=1S/C26H38O3/c1-5-18-19(6-2)24-20-8-7-16-15-17(27)11-13-25(16,3)22(20)12-14-26(24,4)21(18)9-10-23(28)29/h11,13,15,18-22,24H,5-10,12,14H2,1-4H3,(H,28,29)/t18?,19?,20-,21+,22+,24+,25+,26-/m1/s1. The number of carbonyl (C=O) groups excluding carboxylic acids is 1. The Morgan fingerprint density at radius 1 is 1.17 bits per heavy atom. The molecule has 1 N–H and O–H groups in total. The lowest BCUT2D eigenvalue weighted by atomic mass is 9.47. The van der Waals surface area contributed by atoms with E-state index in [9.17, 15) is 14.7 Å². The average molecular weight is 399 g/mol. The first-order chi connectivity index (χ1) is 13.8. The van der Waals surface area contributed by atoms with E-state index in [0.29, 0.717) is 41.9 Å². The number of carboxylic acid groups (broad SMARTS) is 1. The van der Waals surface area contributed by atoms with Gasteiger partial charge in [-0.2, -0.15) is 0 Å². The third kappa shape index (κ3) is 3.06. The van der Waals surface area contributed by atoms with Crippen LogP contribution in [-0.2, 0) is 9.59 Å². The van der Waals surface area contributed by atoms with Crippen LogP contribution in [0.3, 0.4) is 0 Å². The maximum atomic E-state index is 12.0. The van der Waals surface area contributed by atoms with Crippen LogP contribution in [-0.4, -0.2) is 16.9 Å². The van der Waals surface area contributed by atoms with E-state index in [-0.39, 0.29) is 16.6 Å². The molecule has 4 aliphatic carbocycles. The van der Waals surface area contributed by atoms with E-state index in [2.05, 4.69) is 33.8 Å². The Morgan fingerprint density at radius 3 is 2.55 bits per heavy atom. The van der Waals surface area contributed by atoms with E-state index < -0.39 is 5.97 Å². The highest BCUT2D eigenvalue weighted by Gasteiger charge is 2.63. The van der Waals surface area contributed by atoms with E-state index >= 15 is 0 Å². The summed E-state index contributed by atoms with van der Waals surface area (Å²) >= 11 is 0. The number of carbonyl (C=O) groups is 2. The second kappa shape index (κ2) is 7.39. The Hall–Kier alpha value is -1.38. The van der Waals surface area contributed by atoms with Crippen LogP contribution in [0.2, 0.25) is 0 Å². The summed E-state index contributed by atoms with van der Waals surface area (Å²) in [7, 11) is 0. The van der Waals surface area contributed by atoms with Gasteiger partial charge in [0.05, 0.1) is 0 Å². The summed E-state index contributed by atoms with van der Waals surface area (Å²) < 4.78 is 0. The third-order valence-electron chi connectivity index (χ3n) is 9.84. The van der Waals surface area contributed by atoms with Gasteiger partial charge in [0.15, 0.2) is 5.78 Å². The van der Waals surface area contributed by atoms with Gasteiger partial charge in [-0.05, 0) is 85.2 Å². The molecule has 3 nitrogen and oxygen atoms in total. The minimum atomic E-state index is -0.648. The summed E-state index contributed by atoms with van der Waals surface area (Å²) in [6.07, 6.45) is 14.1. The Bertz CT molecular complexity index is 749. The number of fused-ring (bicyclic) bond motifs is 5. The smallest absolute Gasteiger partial charge is 0.303 e. The molecule has 0 spiro atoms. The first-order valence-corrected chi connectivity index (χ1v) is 11.9. The summed E-state index contributed by atoms with van der Waals surface area (Å²) in [5.41, 5.74) is 1.66. The second-order valence-corrected chi connectivity index (χ2v) is 10.8. The van der Waals surface area contributed by atoms with Crippen LogP contribution in [0.25, 0.3) is 0 Å². The predicted molar refractivity (Wildman–Crippen MR) is 115 cm³/mol. The van der Waals surface area contributed by atoms with Gasteiger partial charge in [0.1, 0.15) is 0 Å². The van der Waals surface area contributed by atoms with Gasteiger partial charge in [-0.1, -0.05) is 52.2 Å². The predicted octanol–water partition coefficient (Wildman–Crippen LogP) is 6.05. The molecule has 0 bridgehead atoms. The minimum absolute atomic E-state index is 0.0390. The number of carboxylic acids is 1. The van der Waals surface area contributed by atoms with Crippen LogP contribution >= 0.6 is 0 Å². The number of rotatable bonds is 5. The van der Waals surface area contributed by atoms with Gasteiger partial charge in [0.25, 0.3) is 0 Å². The van der Waals surface area contributed by atoms with E-state index in [1.807, 2.05) is 6.08 Å². The minimum Gasteiger partial charge on any atom is -0.481 e. The lowest BCUT2D eigenvalue weighted by Gasteiger charge is -2.58. The fourth-order valence-corrected chi connectivity index (χ4v) is 8.73. The Morgan fingerprint density at radius 2 is 1.90 bits per heavy atom. The van der Waals surface area contributed by atoms with Gasteiger partial charge in [-0.15, -0.1) is 0 Å². The number of aliphatic carboxylic acids is 1. The van der Waals surface area contributed by atoms with Crippen LogP contribution in [0.4, 0.5) is 0 Å². The van der Waals surface area contributed by atoms with Crippen molar-refractivity contribution in [3.63, 3.8) is 0 Å². The highest BCUT2D eigenvalue weighted by molar-refractivity contribution is 6.01. The molecule has 29 heavy (non-hydrogen) atoms. The van der Waals surface area contributed by atoms with Gasteiger partial charge in [-0.25, -0.2) is 0 Å². The lowest BCUT2D eigenvalue weighted by molar-refractivity contribution is -0.137. The molecule has 3 saturated carbocycles.